The summed E-state index contributed by atoms with van der Waals surface area (Å²) in [7, 11) is 0. The summed E-state index contributed by atoms with van der Waals surface area (Å²) in [4.78, 5) is 14.1. The number of nitrogens with one attached hydrogen (secondary N) is 1. The van der Waals surface area contributed by atoms with Gasteiger partial charge in [-0.15, -0.1) is 0 Å². The van der Waals surface area contributed by atoms with Gasteiger partial charge in [0.15, 0.2) is 0 Å². The Morgan fingerprint density at radius 1 is 1.44 bits per heavy atom. The van der Waals surface area contributed by atoms with Crippen LogP contribution in [0.5, 0.6) is 0 Å². The predicted molar refractivity (Wildman–Crippen MR) is 75.3 cm³/mol. The van der Waals surface area contributed by atoms with E-state index < -0.39 is 5.54 Å². The average Bonchev–Trinajstić information content (AvgIpc) is 2.31. The Kier molecular flexibility index (Phi) is 5.60. The molecule has 3 unspecified atom stereocenters. The molecule has 0 aromatic carbocycles. The Morgan fingerprint density at radius 3 is 2.61 bits per heavy atom. The van der Waals surface area contributed by atoms with Crippen molar-refractivity contribution in [3.63, 3.8) is 0 Å². The van der Waals surface area contributed by atoms with Crippen LogP contribution < -0.4 is 11.1 Å². The van der Waals surface area contributed by atoms with Crippen LogP contribution in [0.25, 0.3) is 0 Å². The third-order valence-electron chi connectivity index (χ3n) is 4.27. The van der Waals surface area contributed by atoms with Crippen LogP contribution in [0.4, 0.5) is 0 Å². The summed E-state index contributed by atoms with van der Waals surface area (Å²) < 4.78 is 0. The van der Waals surface area contributed by atoms with Gasteiger partial charge >= 0.3 is 0 Å². The number of piperidine rings is 1. The van der Waals surface area contributed by atoms with E-state index in [2.05, 4.69) is 31.0 Å². The van der Waals surface area contributed by atoms with Crippen LogP contribution in [0, 0.1) is 11.8 Å². The molecule has 1 amide bonds. The lowest BCUT2D eigenvalue weighted by molar-refractivity contribution is -0.124. The number of likely N-dealkylation sites (tertiary alicyclic amines) is 1. The fourth-order valence-electron chi connectivity index (χ4n) is 2.56. The van der Waals surface area contributed by atoms with Gasteiger partial charge in [-0.25, -0.2) is 0 Å². The largest absolute Gasteiger partial charge is 0.368 e. The highest BCUT2D eigenvalue weighted by Gasteiger charge is 2.34. The van der Waals surface area contributed by atoms with Crippen molar-refractivity contribution in [2.45, 2.75) is 46.1 Å². The smallest absolute Gasteiger partial charge is 0.238 e. The van der Waals surface area contributed by atoms with E-state index in [1.165, 1.54) is 6.42 Å². The van der Waals surface area contributed by atoms with Gasteiger partial charge in [0.05, 0.1) is 0 Å². The number of hydrogen-bond acceptors (Lipinski definition) is 3. The molecule has 18 heavy (non-hydrogen) atoms. The fourth-order valence-corrected chi connectivity index (χ4v) is 2.56. The topological polar surface area (TPSA) is 58.4 Å². The molecule has 106 valence electrons. The Balaban J connectivity index is 2.58. The maximum atomic E-state index is 11.7. The summed E-state index contributed by atoms with van der Waals surface area (Å²) >= 11 is 0. The lowest BCUT2D eigenvalue weighted by Crippen LogP contribution is -2.60. The van der Waals surface area contributed by atoms with Crippen molar-refractivity contribution in [1.82, 2.24) is 10.2 Å². The van der Waals surface area contributed by atoms with Gasteiger partial charge in [-0.1, -0.05) is 20.8 Å². The van der Waals surface area contributed by atoms with E-state index in [1.54, 1.807) is 0 Å². The molecule has 0 aliphatic carbocycles. The van der Waals surface area contributed by atoms with E-state index in [9.17, 15) is 4.79 Å². The number of amides is 1. The number of carbonyl (C=O) groups is 1. The Labute approximate surface area is 111 Å². The van der Waals surface area contributed by atoms with Gasteiger partial charge in [0, 0.05) is 13.1 Å². The lowest BCUT2D eigenvalue weighted by Gasteiger charge is -2.40. The molecule has 0 saturated carbocycles. The van der Waals surface area contributed by atoms with Crippen molar-refractivity contribution in [2.24, 2.45) is 17.6 Å². The van der Waals surface area contributed by atoms with Gasteiger partial charge in [-0.05, 0) is 44.7 Å². The first-order valence-corrected chi connectivity index (χ1v) is 7.16. The second kappa shape index (κ2) is 6.53. The highest BCUT2D eigenvalue weighted by Crippen LogP contribution is 2.23. The van der Waals surface area contributed by atoms with Gasteiger partial charge in [0.1, 0.15) is 5.54 Å². The molecule has 4 nitrogen and oxygen atoms in total. The molecule has 0 bridgehead atoms. The van der Waals surface area contributed by atoms with Crippen molar-refractivity contribution < 1.29 is 4.79 Å². The molecule has 1 heterocycles. The van der Waals surface area contributed by atoms with Crippen molar-refractivity contribution in [3.05, 3.63) is 0 Å². The molecule has 0 aromatic heterocycles. The normalized spacial score (nSPS) is 28.9. The zero-order valence-electron chi connectivity index (χ0n) is 12.3. The van der Waals surface area contributed by atoms with Gasteiger partial charge in [-0.3, -0.25) is 4.79 Å². The van der Waals surface area contributed by atoms with E-state index in [4.69, 9.17) is 5.73 Å². The highest BCUT2D eigenvalue weighted by molar-refractivity contribution is 5.84. The van der Waals surface area contributed by atoms with Crippen LogP contribution in [0.2, 0.25) is 0 Å². The number of primary amides is 1. The maximum Gasteiger partial charge on any atom is 0.238 e. The summed E-state index contributed by atoms with van der Waals surface area (Å²) in [5.74, 6) is 1.23. The predicted octanol–water partition coefficient (Wildman–Crippen LogP) is 1.21. The summed E-state index contributed by atoms with van der Waals surface area (Å²) in [6.45, 7) is 12.3. The van der Waals surface area contributed by atoms with Crippen LogP contribution >= 0.6 is 0 Å². The van der Waals surface area contributed by atoms with Crippen LogP contribution in [0.3, 0.4) is 0 Å². The molecule has 0 spiro atoms. The average molecular weight is 255 g/mol. The van der Waals surface area contributed by atoms with E-state index in [1.807, 2.05) is 6.92 Å². The summed E-state index contributed by atoms with van der Waals surface area (Å²) in [6, 6.07) is 0. The first kappa shape index (κ1) is 15.4. The van der Waals surface area contributed by atoms with Gasteiger partial charge in [0.25, 0.3) is 0 Å². The number of nitrogens with two attached hydrogens (primary N) is 1. The molecule has 1 fully saturated rings. The van der Waals surface area contributed by atoms with Gasteiger partial charge in [0.2, 0.25) is 5.91 Å². The van der Waals surface area contributed by atoms with Crippen molar-refractivity contribution >= 4 is 5.91 Å². The highest BCUT2D eigenvalue weighted by atomic mass is 16.1. The maximum absolute atomic E-state index is 11.7. The third-order valence-corrected chi connectivity index (χ3v) is 4.27. The second-order valence-corrected chi connectivity index (χ2v) is 6.10. The van der Waals surface area contributed by atoms with Gasteiger partial charge < -0.3 is 16.0 Å². The van der Waals surface area contributed by atoms with Crippen LogP contribution in [-0.4, -0.2) is 42.5 Å². The minimum atomic E-state index is -0.601. The lowest BCUT2D eigenvalue weighted by atomic mass is 9.87. The Hall–Kier alpha value is -0.610. The number of nitrogens with zero attached hydrogens (tertiary/aromatic N) is 1. The van der Waals surface area contributed by atoms with E-state index in [0.29, 0.717) is 5.92 Å². The number of hydrogen-bond donors (Lipinski definition) is 2. The SMILES string of the molecule is CCCNC(C)(CN1CCC(C)C(C)C1)C(N)=O. The first-order valence-electron chi connectivity index (χ1n) is 7.16. The first-order chi connectivity index (χ1) is 8.39. The minimum Gasteiger partial charge on any atom is -0.368 e. The minimum absolute atomic E-state index is 0.248. The summed E-state index contributed by atoms with van der Waals surface area (Å²) in [5.41, 5.74) is 4.96. The fraction of sp³-hybridized carbons (Fsp3) is 0.929. The number of rotatable bonds is 6. The van der Waals surface area contributed by atoms with Crippen LogP contribution in [0.15, 0.2) is 0 Å². The monoisotopic (exact) mass is 255 g/mol. The van der Waals surface area contributed by atoms with E-state index >= 15 is 0 Å². The molecule has 4 heteroatoms. The Bertz CT molecular complexity index is 282. The quantitative estimate of drug-likeness (QED) is 0.750. The molecule has 1 saturated heterocycles. The Morgan fingerprint density at radius 2 is 2.11 bits per heavy atom. The zero-order valence-corrected chi connectivity index (χ0v) is 12.3. The molecule has 1 aliphatic heterocycles. The van der Waals surface area contributed by atoms with Gasteiger partial charge in [-0.2, -0.15) is 0 Å². The molecule has 1 rings (SSSR count). The molecule has 1 aliphatic rings. The van der Waals surface area contributed by atoms with E-state index in [-0.39, 0.29) is 5.91 Å². The molecular weight excluding hydrogens is 226 g/mol. The molecule has 0 aromatic rings. The standard InChI is InChI=1S/C14H29N3O/c1-5-7-16-14(4,13(15)18)10-17-8-6-11(2)12(3)9-17/h11-12,16H,5-10H2,1-4H3,(H2,15,18). The van der Waals surface area contributed by atoms with Crippen molar-refractivity contribution in [2.75, 3.05) is 26.2 Å². The third kappa shape index (κ3) is 3.95. The van der Waals surface area contributed by atoms with Crippen LogP contribution in [-0.2, 0) is 4.79 Å². The number of carbonyl (C=O) groups excluding carboxylic acids is 1. The molecule has 0 radical (unpaired) electrons. The van der Waals surface area contributed by atoms with Crippen molar-refractivity contribution in [3.8, 4) is 0 Å². The molecular formula is C14H29N3O. The van der Waals surface area contributed by atoms with Crippen LogP contribution in [0.1, 0.15) is 40.5 Å². The molecule has 3 atom stereocenters. The summed E-state index contributed by atoms with van der Waals surface area (Å²) in [5, 5.41) is 3.30. The second-order valence-electron chi connectivity index (χ2n) is 6.10. The summed E-state index contributed by atoms with van der Waals surface area (Å²) in [6.07, 6.45) is 2.22. The van der Waals surface area contributed by atoms with E-state index in [0.717, 1.165) is 38.5 Å². The molecule has 3 N–H and O–H groups in total. The zero-order chi connectivity index (χ0) is 13.8. The van der Waals surface area contributed by atoms with Crippen molar-refractivity contribution in [1.29, 1.82) is 0 Å².